The van der Waals surface area contributed by atoms with Crippen molar-refractivity contribution in [3.63, 3.8) is 0 Å². The zero-order valence-electron chi connectivity index (χ0n) is 25.3. The van der Waals surface area contributed by atoms with E-state index in [1.54, 1.807) is 11.0 Å². The highest BCUT2D eigenvalue weighted by molar-refractivity contribution is 6.02. The molecule has 9 heteroatoms. The summed E-state index contributed by atoms with van der Waals surface area (Å²) in [6, 6.07) is 5.47. The Kier molecular flexibility index (Phi) is 7.12. The van der Waals surface area contributed by atoms with Gasteiger partial charge in [-0.3, -0.25) is 9.59 Å². The lowest BCUT2D eigenvalue weighted by Gasteiger charge is -2.39. The Morgan fingerprint density at radius 1 is 1.07 bits per heavy atom. The number of fused-ring (bicyclic) bond motifs is 2. The average Bonchev–Trinajstić information content (AvgIpc) is 3.31. The largest absolute Gasteiger partial charge is 0.448 e. The second kappa shape index (κ2) is 10.5. The van der Waals surface area contributed by atoms with Gasteiger partial charge in [-0.1, -0.05) is 0 Å². The lowest BCUT2D eigenvalue weighted by molar-refractivity contribution is -0.123. The van der Waals surface area contributed by atoms with Crippen LogP contribution in [-0.2, 0) is 13.0 Å². The van der Waals surface area contributed by atoms with Gasteiger partial charge in [0.1, 0.15) is 0 Å². The van der Waals surface area contributed by atoms with Crippen molar-refractivity contribution in [2.24, 2.45) is 5.92 Å². The monoisotopic (exact) mass is 574 g/mol. The Morgan fingerprint density at radius 3 is 2.43 bits per heavy atom. The number of nitrogens with one attached hydrogen (secondary N) is 1. The molecule has 8 nitrogen and oxygen atoms in total. The fourth-order valence-electron chi connectivity index (χ4n) is 7.11. The summed E-state index contributed by atoms with van der Waals surface area (Å²) in [6.45, 7) is 8.31. The average molecular weight is 575 g/mol. The van der Waals surface area contributed by atoms with Crippen molar-refractivity contribution in [1.29, 1.82) is 0 Å². The molecule has 222 valence electrons. The molecule has 2 aromatic heterocycles. The van der Waals surface area contributed by atoms with Crippen LogP contribution in [0.15, 0.2) is 29.2 Å². The number of pyridine rings is 2. The molecule has 6 rings (SSSR count). The van der Waals surface area contributed by atoms with Crippen LogP contribution in [0.3, 0.4) is 0 Å². The van der Waals surface area contributed by atoms with E-state index in [2.05, 4.69) is 29.0 Å². The number of hydrogen-bond acceptors (Lipinski definition) is 6. The van der Waals surface area contributed by atoms with Crippen LogP contribution in [0.1, 0.15) is 70.9 Å². The maximum Gasteiger partial charge on any atom is 0.254 e. The molecule has 1 atom stereocenters. The zero-order valence-corrected chi connectivity index (χ0v) is 25.3. The standard InChI is InChI=1S/C33H39FN4O4/c1-18-15-19(2)36-31(39)25(18)17-38-14-13-24-27(32(38)40)20(3)29-30(28(24)21-7-12-26(34)35-16-21)42-33(4,41-29)22-8-10-23(11-9-22)37(5)6/h7,12,15-16,22-23H,8-11,13-14,17H2,1-6H3,(H,36,39)/t22-,23-,33-/m1/s1. The molecule has 2 aliphatic heterocycles. The first-order chi connectivity index (χ1) is 20.0. The quantitative estimate of drug-likeness (QED) is 0.416. The van der Waals surface area contributed by atoms with Crippen molar-refractivity contribution in [3.8, 4) is 22.6 Å². The molecule has 0 bridgehead atoms. The Morgan fingerprint density at radius 2 is 1.79 bits per heavy atom. The van der Waals surface area contributed by atoms with Crippen LogP contribution in [0.4, 0.5) is 4.39 Å². The van der Waals surface area contributed by atoms with Gasteiger partial charge in [-0.25, -0.2) is 4.98 Å². The summed E-state index contributed by atoms with van der Waals surface area (Å²) in [7, 11) is 4.25. The molecule has 1 aliphatic carbocycles. The molecule has 3 aromatic rings. The second-order valence-corrected chi connectivity index (χ2v) is 12.5. The molecule has 0 radical (unpaired) electrons. The van der Waals surface area contributed by atoms with E-state index in [-0.39, 0.29) is 23.9 Å². The van der Waals surface area contributed by atoms with Crippen LogP contribution >= 0.6 is 0 Å². The molecule has 0 spiro atoms. The summed E-state index contributed by atoms with van der Waals surface area (Å²) in [5, 5.41) is 0. The number of halogens is 1. The topological polar surface area (TPSA) is 87.8 Å². The Bertz CT molecular complexity index is 1610. The van der Waals surface area contributed by atoms with Gasteiger partial charge in [0, 0.05) is 59.6 Å². The van der Waals surface area contributed by atoms with E-state index in [9.17, 15) is 14.0 Å². The van der Waals surface area contributed by atoms with E-state index in [0.29, 0.717) is 47.2 Å². The summed E-state index contributed by atoms with van der Waals surface area (Å²) in [4.78, 5) is 37.7. The molecule has 1 amide bonds. The minimum absolute atomic E-state index is 0.157. The molecule has 1 N–H and O–H groups in total. The molecule has 3 aliphatic rings. The third-order valence-electron chi connectivity index (χ3n) is 9.52. The Hall–Kier alpha value is -3.72. The first kappa shape index (κ1) is 28.4. The number of rotatable bonds is 5. The van der Waals surface area contributed by atoms with Crippen molar-refractivity contribution < 1.29 is 18.7 Å². The minimum Gasteiger partial charge on any atom is -0.448 e. The van der Waals surface area contributed by atoms with Gasteiger partial charge in [0.2, 0.25) is 5.95 Å². The molecular formula is C33H39FN4O4. The molecule has 42 heavy (non-hydrogen) atoms. The number of benzene rings is 1. The normalized spacial score (nSPS) is 23.4. The molecule has 1 saturated carbocycles. The van der Waals surface area contributed by atoms with Gasteiger partial charge >= 0.3 is 0 Å². The van der Waals surface area contributed by atoms with Gasteiger partial charge in [0.25, 0.3) is 17.3 Å². The fraction of sp³-hybridized carbons (Fsp3) is 0.485. The number of nitrogens with zero attached hydrogens (tertiary/aromatic N) is 3. The lowest BCUT2D eigenvalue weighted by atomic mass is 9.81. The van der Waals surface area contributed by atoms with Crippen LogP contribution in [0.5, 0.6) is 11.5 Å². The van der Waals surface area contributed by atoms with Gasteiger partial charge < -0.3 is 24.3 Å². The first-order valence-electron chi connectivity index (χ1n) is 14.8. The molecule has 0 unspecified atom stereocenters. The Labute approximate surface area is 245 Å². The molecule has 1 aromatic carbocycles. The van der Waals surface area contributed by atoms with Gasteiger partial charge in [0.15, 0.2) is 11.5 Å². The van der Waals surface area contributed by atoms with E-state index in [4.69, 9.17) is 9.47 Å². The van der Waals surface area contributed by atoms with Crippen molar-refractivity contribution in [1.82, 2.24) is 19.8 Å². The van der Waals surface area contributed by atoms with Gasteiger partial charge in [-0.15, -0.1) is 0 Å². The predicted octanol–water partition coefficient (Wildman–Crippen LogP) is 5.31. The molecule has 4 heterocycles. The second-order valence-electron chi connectivity index (χ2n) is 12.5. The number of amides is 1. The van der Waals surface area contributed by atoms with Gasteiger partial charge in [0.05, 0.1) is 12.1 Å². The number of carbonyl (C=O) groups excluding carboxylic acids is 1. The van der Waals surface area contributed by atoms with E-state index in [1.165, 1.54) is 12.3 Å². The Balaban J connectivity index is 1.41. The van der Waals surface area contributed by atoms with Crippen molar-refractivity contribution >= 4 is 5.91 Å². The molecule has 1 fully saturated rings. The van der Waals surface area contributed by atoms with Crippen LogP contribution < -0.4 is 15.0 Å². The van der Waals surface area contributed by atoms with Gasteiger partial charge in [-0.05, 0) is 96.3 Å². The SMILES string of the molecule is Cc1cc(C)c(CN2CCc3c(c(C)c4c(c3-c3ccc(F)nc3)O[C@](C)([C@H]3CC[C@H](N(C)C)CC3)O4)C2=O)c(=O)[nH]1. The number of aromatic nitrogens is 2. The van der Waals surface area contributed by atoms with Crippen LogP contribution in [0.25, 0.3) is 11.1 Å². The summed E-state index contributed by atoms with van der Waals surface area (Å²) < 4.78 is 27.4. The highest BCUT2D eigenvalue weighted by atomic mass is 19.1. The summed E-state index contributed by atoms with van der Waals surface area (Å²) in [6.07, 6.45) is 6.11. The number of hydrogen-bond donors (Lipinski definition) is 1. The number of ether oxygens (including phenoxy) is 2. The summed E-state index contributed by atoms with van der Waals surface area (Å²) >= 11 is 0. The third-order valence-corrected chi connectivity index (χ3v) is 9.52. The van der Waals surface area contributed by atoms with Crippen molar-refractivity contribution in [2.45, 2.75) is 78.2 Å². The summed E-state index contributed by atoms with van der Waals surface area (Å²) in [5.74, 6) is -0.270. The predicted molar refractivity (Wildman–Crippen MR) is 158 cm³/mol. The van der Waals surface area contributed by atoms with E-state index >= 15 is 0 Å². The first-order valence-corrected chi connectivity index (χ1v) is 14.8. The maximum atomic E-state index is 14.2. The highest BCUT2D eigenvalue weighted by Gasteiger charge is 2.49. The summed E-state index contributed by atoms with van der Waals surface area (Å²) in [5.41, 5.74) is 5.61. The smallest absolute Gasteiger partial charge is 0.254 e. The highest BCUT2D eigenvalue weighted by Crippen LogP contribution is 2.55. The zero-order chi connectivity index (χ0) is 29.9. The number of aryl methyl sites for hydroxylation is 2. The van der Waals surface area contributed by atoms with Gasteiger partial charge in [-0.2, -0.15) is 4.39 Å². The number of H-pyrrole nitrogens is 1. The minimum atomic E-state index is -0.883. The van der Waals surface area contributed by atoms with Crippen molar-refractivity contribution in [3.05, 3.63) is 74.2 Å². The van der Waals surface area contributed by atoms with E-state index in [1.807, 2.05) is 33.8 Å². The third kappa shape index (κ3) is 4.77. The molecule has 0 saturated heterocycles. The number of aromatic amines is 1. The molecular weight excluding hydrogens is 535 g/mol. The van der Waals surface area contributed by atoms with E-state index in [0.717, 1.165) is 53.6 Å². The van der Waals surface area contributed by atoms with Crippen LogP contribution in [-0.4, -0.2) is 58.1 Å². The van der Waals surface area contributed by atoms with Crippen LogP contribution in [0, 0.1) is 32.6 Å². The van der Waals surface area contributed by atoms with E-state index < -0.39 is 11.7 Å². The lowest BCUT2D eigenvalue weighted by Crippen LogP contribution is -2.46. The van der Waals surface area contributed by atoms with Crippen LogP contribution in [0.2, 0.25) is 0 Å². The fourth-order valence-corrected chi connectivity index (χ4v) is 7.11. The maximum absolute atomic E-state index is 14.2. The number of carbonyl (C=O) groups is 1. The van der Waals surface area contributed by atoms with Crippen molar-refractivity contribution in [2.75, 3.05) is 20.6 Å².